The summed E-state index contributed by atoms with van der Waals surface area (Å²) in [4.78, 5) is 27.2. The van der Waals surface area contributed by atoms with E-state index in [9.17, 15) is 9.59 Å². The molecule has 2 rings (SSSR count). The maximum atomic E-state index is 12.6. The Morgan fingerprint density at radius 3 is 2.33 bits per heavy atom. The van der Waals surface area contributed by atoms with E-state index in [1.54, 1.807) is 12.1 Å². The van der Waals surface area contributed by atoms with Crippen molar-refractivity contribution in [2.45, 2.75) is 27.3 Å². The van der Waals surface area contributed by atoms with Gasteiger partial charge in [-0.1, -0.05) is 62.7 Å². The van der Waals surface area contributed by atoms with E-state index in [-0.39, 0.29) is 16.6 Å². The third-order valence-electron chi connectivity index (χ3n) is 3.81. The van der Waals surface area contributed by atoms with Gasteiger partial charge in [0.25, 0.3) is 5.56 Å². The van der Waals surface area contributed by atoms with Crippen LogP contribution < -0.4 is 11.2 Å². The van der Waals surface area contributed by atoms with Crippen LogP contribution in [0.4, 0.5) is 0 Å². The fourth-order valence-electron chi connectivity index (χ4n) is 2.06. The number of benzene rings is 1. The summed E-state index contributed by atoms with van der Waals surface area (Å²) < 4.78 is 1.23. The zero-order valence-electron chi connectivity index (χ0n) is 12.4. The SMILES string of the molecule is CC(C)C(C)Cn1c(=O)[nH]c(Cl)c(-c2ccccc2)c1=O. The first-order chi connectivity index (χ1) is 9.91. The Kier molecular flexibility index (Phi) is 4.68. The van der Waals surface area contributed by atoms with Crippen molar-refractivity contribution >= 4 is 11.6 Å². The summed E-state index contributed by atoms with van der Waals surface area (Å²) in [5, 5.41) is 0.0876. The van der Waals surface area contributed by atoms with Gasteiger partial charge >= 0.3 is 5.69 Å². The van der Waals surface area contributed by atoms with Crippen molar-refractivity contribution in [1.82, 2.24) is 9.55 Å². The zero-order chi connectivity index (χ0) is 15.6. The second kappa shape index (κ2) is 6.31. The van der Waals surface area contributed by atoms with Crippen molar-refractivity contribution < 1.29 is 0 Å². The van der Waals surface area contributed by atoms with Crippen molar-refractivity contribution in [2.75, 3.05) is 0 Å². The van der Waals surface area contributed by atoms with Crippen LogP contribution in [0.5, 0.6) is 0 Å². The number of aromatic nitrogens is 2. The average molecular weight is 307 g/mol. The van der Waals surface area contributed by atoms with E-state index in [0.29, 0.717) is 23.6 Å². The van der Waals surface area contributed by atoms with E-state index < -0.39 is 5.69 Å². The van der Waals surface area contributed by atoms with Gasteiger partial charge in [0.2, 0.25) is 0 Å². The summed E-state index contributed by atoms with van der Waals surface area (Å²) >= 11 is 6.07. The Labute approximate surface area is 128 Å². The van der Waals surface area contributed by atoms with E-state index in [2.05, 4.69) is 18.8 Å². The molecule has 0 fully saturated rings. The Balaban J connectivity index is 2.59. The van der Waals surface area contributed by atoms with Crippen LogP contribution in [0.25, 0.3) is 11.1 Å². The number of hydrogen-bond acceptors (Lipinski definition) is 2. The number of H-pyrrole nitrogens is 1. The largest absolute Gasteiger partial charge is 0.329 e. The van der Waals surface area contributed by atoms with Crippen LogP contribution >= 0.6 is 11.6 Å². The van der Waals surface area contributed by atoms with Crippen LogP contribution in [0.3, 0.4) is 0 Å². The number of aromatic amines is 1. The van der Waals surface area contributed by atoms with Crippen molar-refractivity contribution in [3.63, 3.8) is 0 Å². The summed E-state index contributed by atoms with van der Waals surface area (Å²) in [6.07, 6.45) is 0. The normalized spacial score (nSPS) is 12.6. The van der Waals surface area contributed by atoms with Crippen LogP contribution in [0.15, 0.2) is 39.9 Å². The molecule has 0 saturated carbocycles. The third kappa shape index (κ3) is 3.27. The van der Waals surface area contributed by atoms with E-state index in [1.807, 2.05) is 25.1 Å². The highest BCUT2D eigenvalue weighted by Gasteiger charge is 2.17. The molecule has 5 heteroatoms. The molecule has 2 aromatic rings. The average Bonchev–Trinajstić information content (AvgIpc) is 2.44. The number of nitrogens with zero attached hydrogens (tertiary/aromatic N) is 1. The molecule has 1 unspecified atom stereocenters. The molecule has 0 aliphatic rings. The molecule has 1 atom stereocenters. The summed E-state index contributed by atoms with van der Waals surface area (Å²) in [6, 6.07) is 9.13. The minimum atomic E-state index is -0.461. The molecule has 0 bridgehead atoms. The van der Waals surface area contributed by atoms with Crippen molar-refractivity contribution in [2.24, 2.45) is 11.8 Å². The lowest BCUT2D eigenvalue weighted by molar-refractivity contribution is 0.354. The highest BCUT2D eigenvalue weighted by molar-refractivity contribution is 6.32. The fraction of sp³-hybridized carbons (Fsp3) is 0.375. The molecule has 0 saturated heterocycles. The van der Waals surface area contributed by atoms with Gasteiger partial charge in [-0.2, -0.15) is 0 Å². The standard InChI is InChI=1S/C16H19ClN2O2/c1-10(2)11(3)9-19-15(20)13(14(17)18-16(19)21)12-7-5-4-6-8-12/h4-8,10-11H,9H2,1-3H3,(H,18,21). The van der Waals surface area contributed by atoms with E-state index in [1.165, 1.54) is 4.57 Å². The maximum Gasteiger partial charge on any atom is 0.329 e. The minimum absolute atomic E-state index is 0.0876. The van der Waals surface area contributed by atoms with Crippen LogP contribution in [0, 0.1) is 11.8 Å². The van der Waals surface area contributed by atoms with E-state index in [4.69, 9.17) is 11.6 Å². The molecule has 1 aromatic carbocycles. The molecular formula is C16H19ClN2O2. The Morgan fingerprint density at radius 1 is 1.14 bits per heavy atom. The molecule has 1 heterocycles. The zero-order valence-corrected chi connectivity index (χ0v) is 13.1. The van der Waals surface area contributed by atoms with Gasteiger partial charge in [-0.3, -0.25) is 14.3 Å². The molecule has 0 spiro atoms. The summed E-state index contributed by atoms with van der Waals surface area (Å²) in [6.45, 7) is 6.53. The lowest BCUT2D eigenvalue weighted by atomic mass is 9.98. The second-order valence-electron chi connectivity index (χ2n) is 5.62. The van der Waals surface area contributed by atoms with Gasteiger partial charge in [0.05, 0.1) is 5.56 Å². The Hall–Kier alpha value is -1.81. The first-order valence-electron chi connectivity index (χ1n) is 6.99. The molecular weight excluding hydrogens is 288 g/mol. The highest BCUT2D eigenvalue weighted by atomic mass is 35.5. The lowest BCUT2D eigenvalue weighted by Crippen LogP contribution is -2.38. The van der Waals surface area contributed by atoms with Gasteiger partial charge in [-0.15, -0.1) is 0 Å². The summed E-state index contributed by atoms with van der Waals surface area (Å²) in [7, 11) is 0. The monoisotopic (exact) mass is 306 g/mol. The topological polar surface area (TPSA) is 54.9 Å². The molecule has 0 aliphatic carbocycles. The Morgan fingerprint density at radius 2 is 1.76 bits per heavy atom. The molecule has 21 heavy (non-hydrogen) atoms. The van der Waals surface area contributed by atoms with E-state index >= 15 is 0 Å². The van der Waals surface area contributed by atoms with Crippen LogP contribution in [0.2, 0.25) is 5.15 Å². The predicted octanol–water partition coefficient (Wildman–Crippen LogP) is 3.15. The van der Waals surface area contributed by atoms with Gasteiger partial charge in [-0.05, 0) is 17.4 Å². The van der Waals surface area contributed by atoms with Gasteiger partial charge < -0.3 is 0 Å². The maximum absolute atomic E-state index is 12.6. The molecule has 1 N–H and O–H groups in total. The van der Waals surface area contributed by atoms with Crippen LogP contribution in [0.1, 0.15) is 20.8 Å². The van der Waals surface area contributed by atoms with E-state index in [0.717, 1.165) is 0 Å². The molecule has 0 amide bonds. The molecule has 1 aromatic heterocycles. The molecule has 4 nitrogen and oxygen atoms in total. The van der Waals surface area contributed by atoms with Gasteiger partial charge in [0.15, 0.2) is 0 Å². The second-order valence-corrected chi connectivity index (χ2v) is 6.00. The summed E-state index contributed by atoms with van der Waals surface area (Å²) in [5.74, 6) is 0.598. The van der Waals surface area contributed by atoms with Gasteiger partial charge in [0.1, 0.15) is 5.15 Å². The summed E-state index contributed by atoms with van der Waals surface area (Å²) in [5.41, 5.74) is 0.238. The first-order valence-corrected chi connectivity index (χ1v) is 7.37. The van der Waals surface area contributed by atoms with Gasteiger partial charge in [-0.25, -0.2) is 4.79 Å². The van der Waals surface area contributed by atoms with Crippen LogP contribution in [-0.2, 0) is 6.54 Å². The number of nitrogens with one attached hydrogen (secondary N) is 1. The predicted molar refractivity (Wildman–Crippen MR) is 85.8 cm³/mol. The molecule has 0 aliphatic heterocycles. The quantitative estimate of drug-likeness (QED) is 0.882. The molecule has 112 valence electrons. The van der Waals surface area contributed by atoms with Crippen LogP contribution in [-0.4, -0.2) is 9.55 Å². The molecule has 0 radical (unpaired) electrons. The number of halogens is 1. The Bertz CT molecular complexity index is 732. The lowest BCUT2D eigenvalue weighted by Gasteiger charge is -2.17. The van der Waals surface area contributed by atoms with Crippen molar-refractivity contribution in [3.8, 4) is 11.1 Å². The first kappa shape index (κ1) is 15.6. The van der Waals surface area contributed by atoms with Crippen molar-refractivity contribution in [3.05, 3.63) is 56.3 Å². The third-order valence-corrected chi connectivity index (χ3v) is 4.09. The highest BCUT2D eigenvalue weighted by Crippen LogP contribution is 2.21. The fourth-order valence-corrected chi connectivity index (χ4v) is 2.34. The van der Waals surface area contributed by atoms with Gasteiger partial charge in [0, 0.05) is 6.54 Å². The minimum Gasteiger partial charge on any atom is -0.297 e. The van der Waals surface area contributed by atoms with Crippen molar-refractivity contribution in [1.29, 1.82) is 0 Å². The number of hydrogen-bond donors (Lipinski definition) is 1. The smallest absolute Gasteiger partial charge is 0.297 e. The number of rotatable bonds is 4.